The van der Waals surface area contributed by atoms with Gasteiger partial charge in [-0.25, -0.2) is 9.78 Å². The lowest BCUT2D eigenvalue weighted by atomic mass is 10.1. The Balaban J connectivity index is 2.91. The zero-order chi connectivity index (χ0) is 23.4. The molecule has 0 saturated carbocycles. The van der Waals surface area contributed by atoms with Gasteiger partial charge in [-0.05, 0) is 18.4 Å². The van der Waals surface area contributed by atoms with Gasteiger partial charge in [0.15, 0.2) is 0 Å². The second-order valence-corrected chi connectivity index (χ2v) is 7.50. The molecule has 0 aromatic carbocycles. The minimum atomic E-state index is -1.43. The topological polar surface area (TPSA) is 222 Å². The van der Waals surface area contributed by atoms with Crippen LogP contribution in [0.15, 0.2) is 12.5 Å². The number of amides is 4. The molecular formula is C17H27N7O6S. The van der Waals surface area contributed by atoms with Crippen molar-refractivity contribution in [2.24, 2.45) is 11.5 Å². The van der Waals surface area contributed by atoms with Crippen molar-refractivity contribution in [2.75, 3.05) is 18.6 Å². The number of nitrogens with two attached hydrogens (primary N) is 2. The first kappa shape index (κ1) is 25.9. The van der Waals surface area contributed by atoms with Crippen molar-refractivity contribution < 1.29 is 29.1 Å². The molecular weight excluding hydrogens is 430 g/mol. The van der Waals surface area contributed by atoms with E-state index >= 15 is 0 Å². The molecule has 0 aliphatic carbocycles. The van der Waals surface area contributed by atoms with Gasteiger partial charge in [-0.2, -0.15) is 11.8 Å². The van der Waals surface area contributed by atoms with Crippen molar-refractivity contribution in [1.82, 2.24) is 25.9 Å². The average Bonchev–Trinajstić information content (AvgIpc) is 3.22. The highest BCUT2D eigenvalue weighted by Gasteiger charge is 2.30. The first-order valence-electron chi connectivity index (χ1n) is 9.25. The lowest BCUT2D eigenvalue weighted by molar-refractivity contribution is -0.142. The molecule has 172 valence electrons. The van der Waals surface area contributed by atoms with Gasteiger partial charge in [0.05, 0.1) is 19.3 Å². The third kappa shape index (κ3) is 9.48. The molecule has 0 spiro atoms. The summed E-state index contributed by atoms with van der Waals surface area (Å²) in [5.74, 6) is -3.87. The van der Waals surface area contributed by atoms with E-state index in [2.05, 4.69) is 25.9 Å². The first-order valence-corrected chi connectivity index (χ1v) is 10.6. The number of carboxylic acids is 1. The number of carbonyl (C=O) groups is 5. The maximum Gasteiger partial charge on any atom is 0.326 e. The van der Waals surface area contributed by atoms with Crippen LogP contribution in [0.1, 0.15) is 18.5 Å². The molecule has 0 bridgehead atoms. The number of hydrogen-bond acceptors (Lipinski definition) is 8. The van der Waals surface area contributed by atoms with E-state index in [1.807, 2.05) is 6.26 Å². The SMILES string of the molecule is CSCCC(NC(=O)CN)C(=O)NC(CC(N)=O)C(=O)NC(Cc1cnc[nH]1)C(=O)O. The van der Waals surface area contributed by atoms with E-state index < -0.39 is 54.1 Å². The summed E-state index contributed by atoms with van der Waals surface area (Å²) in [4.78, 5) is 66.3. The largest absolute Gasteiger partial charge is 0.480 e. The van der Waals surface area contributed by atoms with Gasteiger partial charge in [0.25, 0.3) is 0 Å². The molecule has 1 aromatic heterocycles. The molecule has 1 rings (SSSR count). The van der Waals surface area contributed by atoms with Gasteiger partial charge in [0.2, 0.25) is 23.6 Å². The number of imidazole rings is 1. The van der Waals surface area contributed by atoms with Crippen LogP contribution in [0.5, 0.6) is 0 Å². The summed E-state index contributed by atoms with van der Waals surface area (Å²) in [6.07, 6.45) is 4.17. The highest BCUT2D eigenvalue weighted by atomic mass is 32.2. The monoisotopic (exact) mass is 457 g/mol. The second-order valence-electron chi connectivity index (χ2n) is 6.52. The normalized spacial score (nSPS) is 13.5. The third-order valence-electron chi connectivity index (χ3n) is 4.08. The molecule has 3 unspecified atom stereocenters. The maximum absolute atomic E-state index is 12.6. The van der Waals surface area contributed by atoms with Gasteiger partial charge in [0.1, 0.15) is 18.1 Å². The minimum absolute atomic E-state index is 0.0960. The summed E-state index contributed by atoms with van der Waals surface area (Å²) in [6.45, 7) is -0.331. The number of thioether (sulfide) groups is 1. The van der Waals surface area contributed by atoms with Crippen molar-refractivity contribution in [3.8, 4) is 0 Å². The number of rotatable bonds is 14. The highest BCUT2D eigenvalue weighted by molar-refractivity contribution is 7.98. The van der Waals surface area contributed by atoms with Crippen molar-refractivity contribution in [2.45, 2.75) is 37.4 Å². The Labute approximate surface area is 182 Å². The fourth-order valence-electron chi connectivity index (χ4n) is 2.53. The quantitative estimate of drug-likeness (QED) is 0.152. The fraction of sp³-hybridized carbons (Fsp3) is 0.529. The van der Waals surface area contributed by atoms with Crippen molar-refractivity contribution >= 4 is 41.4 Å². The Morgan fingerprint density at radius 2 is 1.77 bits per heavy atom. The summed E-state index contributed by atoms with van der Waals surface area (Å²) >= 11 is 1.44. The predicted molar refractivity (Wildman–Crippen MR) is 112 cm³/mol. The van der Waals surface area contributed by atoms with E-state index in [-0.39, 0.29) is 19.4 Å². The zero-order valence-corrected chi connectivity index (χ0v) is 17.7. The van der Waals surface area contributed by atoms with Crippen molar-refractivity contribution in [3.63, 3.8) is 0 Å². The Bertz CT molecular complexity index is 773. The number of aliphatic carboxylic acids is 1. The van der Waals surface area contributed by atoms with Gasteiger partial charge in [-0.15, -0.1) is 0 Å². The molecule has 9 N–H and O–H groups in total. The van der Waals surface area contributed by atoms with Crippen LogP contribution in [0.3, 0.4) is 0 Å². The lowest BCUT2D eigenvalue weighted by Crippen LogP contribution is -2.57. The van der Waals surface area contributed by atoms with E-state index in [9.17, 15) is 29.1 Å². The molecule has 14 heteroatoms. The number of aromatic nitrogens is 2. The zero-order valence-electron chi connectivity index (χ0n) is 16.9. The van der Waals surface area contributed by atoms with Gasteiger partial charge in [-0.3, -0.25) is 19.2 Å². The summed E-state index contributed by atoms with van der Waals surface area (Å²) in [5.41, 5.74) is 10.9. The van der Waals surface area contributed by atoms with Crippen LogP contribution in [0.4, 0.5) is 0 Å². The van der Waals surface area contributed by atoms with Crippen LogP contribution in [-0.4, -0.2) is 81.4 Å². The molecule has 0 saturated heterocycles. The van der Waals surface area contributed by atoms with Gasteiger partial charge in [-0.1, -0.05) is 0 Å². The molecule has 0 radical (unpaired) electrons. The van der Waals surface area contributed by atoms with Gasteiger partial charge < -0.3 is 37.5 Å². The smallest absolute Gasteiger partial charge is 0.326 e. The van der Waals surface area contributed by atoms with Crippen LogP contribution >= 0.6 is 11.8 Å². The molecule has 0 aliphatic rings. The Morgan fingerprint density at radius 3 is 2.29 bits per heavy atom. The first-order chi connectivity index (χ1) is 14.7. The number of H-pyrrole nitrogens is 1. The summed E-state index contributed by atoms with van der Waals surface area (Å²) < 4.78 is 0. The van der Waals surface area contributed by atoms with Crippen LogP contribution in [0.25, 0.3) is 0 Å². The molecule has 1 heterocycles. The van der Waals surface area contributed by atoms with E-state index in [1.165, 1.54) is 24.3 Å². The summed E-state index contributed by atoms with van der Waals surface area (Å²) in [5, 5.41) is 16.5. The Kier molecular flexibility index (Phi) is 11.1. The molecule has 4 amide bonds. The number of aromatic amines is 1. The standard InChI is InChI=1S/C17H27N7O6S/c1-31-3-2-10(22-14(26)6-18)15(27)23-11(5-13(19)25)16(28)24-12(17(29)30)4-9-7-20-8-21-9/h7-8,10-12H,2-6,18H2,1H3,(H2,19,25)(H,20,21)(H,22,26)(H,23,27)(H,24,28)(H,29,30). The number of carbonyl (C=O) groups excluding carboxylic acids is 4. The van der Waals surface area contributed by atoms with E-state index in [0.29, 0.717) is 11.4 Å². The number of carboxylic acid groups (broad SMARTS) is 1. The second kappa shape index (κ2) is 13.2. The van der Waals surface area contributed by atoms with E-state index in [0.717, 1.165) is 0 Å². The average molecular weight is 458 g/mol. The Morgan fingerprint density at radius 1 is 1.13 bits per heavy atom. The molecule has 31 heavy (non-hydrogen) atoms. The molecule has 0 fully saturated rings. The predicted octanol–water partition coefficient (Wildman–Crippen LogP) is -2.92. The summed E-state index contributed by atoms with van der Waals surface area (Å²) in [6, 6.07) is -3.77. The van der Waals surface area contributed by atoms with Crippen molar-refractivity contribution in [3.05, 3.63) is 18.2 Å². The van der Waals surface area contributed by atoms with Crippen LogP contribution in [0, 0.1) is 0 Å². The number of nitrogens with zero attached hydrogens (tertiary/aromatic N) is 1. The lowest BCUT2D eigenvalue weighted by Gasteiger charge is -2.23. The van der Waals surface area contributed by atoms with Crippen LogP contribution < -0.4 is 27.4 Å². The minimum Gasteiger partial charge on any atom is -0.480 e. The van der Waals surface area contributed by atoms with Crippen molar-refractivity contribution in [1.29, 1.82) is 0 Å². The Hall–Kier alpha value is -3.13. The molecule has 13 nitrogen and oxygen atoms in total. The molecule has 1 aromatic rings. The van der Waals surface area contributed by atoms with E-state index in [1.54, 1.807) is 0 Å². The summed E-state index contributed by atoms with van der Waals surface area (Å²) in [7, 11) is 0. The fourth-order valence-corrected chi connectivity index (χ4v) is 3.00. The van der Waals surface area contributed by atoms with Gasteiger partial charge in [0, 0.05) is 18.3 Å². The number of nitrogens with one attached hydrogen (secondary N) is 4. The number of primary amides is 1. The van der Waals surface area contributed by atoms with Gasteiger partial charge >= 0.3 is 5.97 Å². The van der Waals surface area contributed by atoms with Crippen LogP contribution in [-0.2, 0) is 30.4 Å². The third-order valence-corrected chi connectivity index (χ3v) is 4.72. The van der Waals surface area contributed by atoms with Crippen LogP contribution in [0.2, 0.25) is 0 Å². The highest BCUT2D eigenvalue weighted by Crippen LogP contribution is 2.04. The molecule has 0 aliphatic heterocycles. The maximum atomic E-state index is 12.6. The number of hydrogen-bond donors (Lipinski definition) is 7. The molecule has 3 atom stereocenters. The van der Waals surface area contributed by atoms with E-state index in [4.69, 9.17) is 11.5 Å².